The van der Waals surface area contributed by atoms with Crippen molar-refractivity contribution in [3.63, 3.8) is 0 Å². The summed E-state index contributed by atoms with van der Waals surface area (Å²) in [6.07, 6.45) is 8.84. The molecule has 2 atom stereocenters. The number of carbonyl (C=O) groups excluding carboxylic acids is 3. The third-order valence-electron chi connectivity index (χ3n) is 11.1. The minimum atomic E-state index is -0.201. The molecule has 4 heterocycles. The summed E-state index contributed by atoms with van der Waals surface area (Å²) in [5.41, 5.74) is 7.14. The van der Waals surface area contributed by atoms with Gasteiger partial charge in [0.2, 0.25) is 0 Å². The van der Waals surface area contributed by atoms with Crippen LogP contribution in [0.5, 0.6) is 23.0 Å². The van der Waals surface area contributed by atoms with E-state index in [1.54, 1.807) is 45.4 Å². The summed E-state index contributed by atoms with van der Waals surface area (Å²) in [6.45, 7) is 3.30. The van der Waals surface area contributed by atoms with Gasteiger partial charge in [0.05, 0.1) is 62.0 Å². The highest BCUT2D eigenvalue weighted by Gasteiger charge is 2.38. The number of ether oxygens (including phenoxy) is 4. The highest BCUT2D eigenvalue weighted by molar-refractivity contribution is 6.16. The fraction of sp³-hybridized carbons (Fsp3) is 0.356. The van der Waals surface area contributed by atoms with Gasteiger partial charge in [0.25, 0.3) is 11.8 Å². The molecular formula is C45H47N5O7. The molecule has 0 saturated heterocycles. The summed E-state index contributed by atoms with van der Waals surface area (Å²) in [7, 11) is 5.16. The summed E-state index contributed by atoms with van der Waals surface area (Å²) in [6, 6.07) is 20.8. The number of hydrogen-bond donors (Lipinski definition) is 0. The van der Waals surface area contributed by atoms with Crippen LogP contribution in [0.2, 0.25) is 0 Å². The first kappa shape index (κ1) is 37.7. The Labute approximate surface area is 332 Å². The summed E-state index contributed by atoms with van der Waals surface area (Å²) >= 11 is 0. The molecule has 0 unspecified atom stereocenters. The Morgan fingerprint density at radius 3 is 1.84 bits per heavy atom. The lowest BCUT2D eigenvalue weighted by Gasteiger charge is -2.23. The summed E-state index contributed by atoms with van der Waals surface area (Å²) < 4.78 is 23.7. The van der Waals surface area contributed by atoms with E-state index in [9.17, 15) is 14.4 Å². The maximum atomic E-state index is 14.0. The van der Waals surface area contributed by atoms with Gasteiger partial charge in [-0.05, 0) is 80.1 Å². The van der Waals surface area contributed by atoms with E-state index in [2.05, 4.69) is 17.0 Å². The molecule has 0 aliphatic carbocycles. The number of hydrogen-bond acceptors (Lipinski definition) is 10. The second-order valence-corrected chi connectivity index (χ2v) is 14.9. The Morgan fingerprint density at radius 2 is 1.26 bits per heavy atom. The molecule has 12 nitrogen and oxygen atoms in total. The Bertz CT molecular complexity index is 2290. The molecule has 4 aromatic carbocycles. The van der Waals surface area contributed by atoms with Gasteiger partial charge in [0, 0.05) is 74.5 Å². The van der Waals surface area contributed by atoms with Crippen LogP contribution in [0.4, 0.5) is 28.4 Å². The molecule has 0 bridgehead atoms. The van der Waals surface area contributed by atoms with E-state index in [1.165, 1.54) is 0 Å². The van der Waals surface area contributed by atoms with Crippen LogP contribution in [0.1, 0.15) is 70.9 Å². The van der Waals surface area contributed by atoms with E-state index in [1.807, 2.05) is 59.6 Å². The van der Waals surface area contributed by atoms with Crippen molar-refractivity contribution >= 4 is 58.5 Å². The molecule has 4 aromatic rings. The van der Waals surface area contributed by atoms with Crippen molar-refractivity contribution in [3.05, 3.63) is 89.0 Å². The molecule has 0 N–H and O–H groups in total. The number of ketones is 1. The van der Waals surface area contributed by atoms with Gasteiger partial charge >= 0.3 is 0 Å². The first-order chi connectivity index (χ1) is 27.7. The normalized spacial score (nSPS) is 17.1. The number of anilines is 3. The molecule has 4 aliphatic rings. The Kier molecular flexibility index (Phi) is 10.7. The van der Waals surface area contributed by atoms with Crippen LogP contribution in [-0.4, -0.2) is 83.1 Å². The number of benzene rings is 4. The van der Waals surface area contributed by atoms with Gasteiger partial charge in [-0.25, -0.2) is 0 Å². The summed E-state index contributed by atoms with van der Waals surface area (Å²) in [4.78, 5) is 54.4. The smallest absolute Gasteiger partial charge is 0.261 e. The third kappa shape index (κ3) is 7.43. The first-order valence-corrected chi connectivity index (χ1v) is 19.6. The van der Waals surface area contributed by atoms with Crippen LogP contribution < -0.4 is 33.6 Å². The fourth-order valence-electron chi connectivity index (χ4n) is 8.11. The number of Topliss-reactive ketones (excluding diaryl/α,β-unsaturated/α-hetero) is 1. The van der Waals surface area contributed by atoms with Crippen LogP contribution in [-0.2, 0) is 17.6 Å². The molecule has 12 heteroatoms. The van der Waals surface area contributed by atoms with E-state index in [0.717, 1.165) is 66.8 Å². The lowest BCUT2D eigenvalue weighted by atomic mass is 10.1. The predicted octanol–water partition coefficient (Wildman–Crippen LogP) is 7.71. The zero-order valence-corrected chi connectivity index (χ0v) is 32.8. The van der Waals surface area contributed by atoms with Gasteiger partial charge in [-0.3, -0.25) is 29.4 Å². The zero-order chi connectivity index (χ0) is 39.6. The number of unbranched alkanes of at least 4 members (excludes halogenated alkanes) is 2. The van der Waals surface area contributed by atoms with Crippen LogP contribution in [0.15, 0.2) is 76.7 Å². The van der Waals surface area contributed by atoms with Crippen molar-refractivity contribution < 1.29 is 33.3 Å². The van der Waals surface area contributed by atoms with Gasteiger partial charge in [0.15, 0.2) is 23.0 Å². The van der Waals surface area contributed by atoms with Crippen LogP contribution >= 0.6 is 0 Å². The lowest BCUT2D eigenvalue weighted by Crippen LogP contribution is -2.37. The van der Waals surface area contributed by atoms with E-state index in [4.69, 9.17) is 28.9 Å². The molecule has 4 aliphatic heterocycles. The molecule has 0 radical (unpaired) electrons. The maximum absolute atomic E-state index is 14.0. The number of nitrogens with zero attached hydrogens (tertiary/aromatic N) is 5. The summed E-state index contributed by atoms with van der Waals surface area (Å²) in [5, 5.41) is 0. The number of carbonyl (C=O) groups is 3. The minimum absolute atomic E-state index is 0.101. The second-order valence-electron chi connectivity index (χ2n) is 14.9. The quantitative estimate of drug-likeness (QED) is 0.113. The van der Waals surface area contributed by atoms with Gasteiger partial charge in [-0.15, -0.1) is 0 Å². The van der Waals surface area contributed by atoms with Gasteiger partial charge < -0.3 is 28.6 Å². The van der Waals surface area contributed by atoms with Crippen LogP contribution in [0, 0.1) is 0 Å². The van der Waals surface area contributed by atoms with E-state index in [0.29, 0.717) is 71.6 Å². The molecule has 0 aromatic heterocycles. The number of fused-ring (bicyclic) bond motifs is 8. The first-order valence-electron chi connectivity index (χ1n) is 19.6. The second kappa shape index (κ2) is 16.1. The number of para-hydroxylation sites is 1. The topological polar surface area (TPSA) is 123 Å². The van der Waals surface area contributed by atoms with Gasteiger partial charge in [0.1, 0.15) is 5.78 Å². The van der Waals surface area contributed by atoms with Crippen molar-refractivity contribution in [1.29, 1.82) is 0 Å². The van der Waals surface area contributed by atoms with E-state index in [-0.39, 0.29) is 29.7 Å². The van der Waals surface area contributed by atoms with E-state index >= 15 is 0 Å². The molecule has 294 valence electrons. The fourth-order valence-corrected chi connectivity index (χ4v) is 8.11. The average molecular weight is 770 g/mol. The predicted molar refractivity (Wildman–Crippen MR) is 222 cm³/mol. The lowest BCUT2D eigenvalue weighted by molar-refractivity contribution is -0.117. The molecule has 2 amide bonds. The number of aliphatic imine (C=N–C) groups is 2. The number of rotatable bonds is 15. The zero-order valence-electron chi connectivity index (χ0n) is 32.8. The van der Waals surface area contributed by atoms with Crippen LogP contribution in [0.25, 0.3) is 0 Å². The Balaban J connectivity index is 0.855. The van der Waals surface area contributed by atoms with Crippen LogP contribution in [0.3, 0.4) is 0 Å². The average Bonchev–Trinajstić information content (AvgIpc) is 3.70. The van der Waals surface area contributed by atoms with Gasteiger partial charge in [-0.1, -0.05) is 18.2 Å². The van der Waals surface area contributed by atoms with Gasteiger partial charge in [-0.2, -0.15) is 0 Å². The maximum Gasteiger partial charge on any atom is 0.261 e. The highest BCUT2D eigenvalue weighted by Crippen LogP contribution is 2.43. The summed E-state index contributed by atoms with van der Waals surface area (Å²) in [5.74, 6) is 2.01. The van der Waals surface area contributed by atoms with Crippen molar-refractivity contribution in [2.45, 2.75) is 64.0 Å². The molecule has 57 heavy (non-hydrogen) atoms. The molecule has 0 spiro atoms. The molecule has 8 rings (SSSR count). The molecule has 0 saturated carbocycles. The van der Waals surface area contributed by atoms with Crippen molar-refractivity contribution in [2.24, 2.45) is 9.98 Å². The Morgan fingerprint density at radius 1 is 0.702 bits per heavy atom. The Hall–Kier alpha value is -6.17. The van der Waals surface area contributed by atoms with Crippen molar-refractivity contribution in [3.8, 4) is 23.0 Å². The molecule has 0 fully saturated rings. The SMILES string of the molecule is COc1cc2c(cc1OCCCCCOc1cc3c(cc1OC)C(=O)N1c4ccc(N(C)CCCC(C)=O)cc4C[C@H]1C=N3)N=C[C@@H]1Cc3ccccc3N1C2=O. The third-order valence-corrected chi connectivity index (χ3v) is 11.1. The largest absolute Gasteiger partial charge is 0.493 e. The monoisotopic (exact) mass is 769 g/mol. The standard InChI is InChI=1S/C45H47N5O7/c1-28(51)11-10-16-48(2)31-14-15-39-30(20-31)21-33-27-47-37-25-43(41(55-4)23-35(37)45(53)50(33)39)57-18-9-5-8-17-56-42-24-36-34(22-40(42)54-3)44(52)49-32(26-46-36)19-29-12-6-7-13-38(29)49/h6-7,12-15,20,22-27,32-33H,5,8-11,16-19,21H2,1-4H3/t32-,33-/m0/s1. The van der Waals surface area contributed by atoms with E-state index < -0.39 is 0 Å². The number of amides is 2. The van der Waals surface area contributed by atoms with Crippen molar-refractivity contribution in [1.82, 2.24) is 0 Å². The van der Waals surface area contributed by atoms with Crippen molar-refractivity contribution in [2.75, 3.05) is 55.7 Å². The minimum Gasteiger partial charge on any atom is -0.493 e. The molecular weight excluding hydrogens is 723 g/mol. The number of methoxy groups -OCH3 is 2. The highest BCUT2D eigenvalue weighted by atomic mass is 16.5.